The fraction of sp³-hybridized carbons (Fsp3) is 0.273. The summed E-state index contributed by atoms with van der Waals surface area (Å²) in [5, 5.41) is 13.4. The van der Waals surface area contributed by atoms with E-state index in [9.17, 15) is 14.7 Å². The summed E-state index contributed by atoms with van der Waals surface area (Å²) in [7, 11) is 0. The van der Waals surface area contributed by atoms with Gasteiger partial charge in [0.25, 0.3) is 0 Å². The van der Waals surface area contributed by atoms with Crippen molar-refractivity contribution in [3.05, 3.63) is 70.3 Å². The number of rotatable bonds is 7. The van der Waals surface area contributed by atoms with Crippen LogP contribution in [0.25, 0.3) is 10.9 Å². The predicted molar refractivity (Wildman–Crippen MR) is 122 cm³/mol. The minimum absolute atomic E-state index is 0.0441. The smallest absolute Gasteiger partial charge is 0.416 e. The lowest BCUT2D eigenvalue weighted by Gasteiger charge is -2.19. The van der Waals surface area contributed by atoms with E-state index < -0.39 is 6.09 Å². The van der Waals surface area contributed by atoms with Crippen molar-refractivity contribution in [2.24, 2.45) is 5.92 Å². The van der Waals surface area contributed by atoms with Crippen LogP contribution < -0.4 is 5.32 Å². The Hall–Kier alpha value is -2.25. The number of benzene rings is 2. The van der Waals surface area contributed by atoms with E-state index in [1.165, 1.54) is 4.57 Å². The van der Waals surface area contributed by atoms with Crippen molar-refractivity contribution in [3.63, 3.8) is 0 Å². The summed E-state index contributed by atoms with van der Waals surface area (Å²) in [6, 6.07) is 15.2. The van der Waals surface area contributed by atoms with Crippen LogP contribution in [0.2, 0.25) is 0 Å². The predicted octanol–water partition coefficient (Wildman–Crippen LogP) is 4.77. The highest BCUT2D eigenvalue weighted by Crippen LogP contribution is 2.23. The van der Waals surface area contributed by atoms with E-state index in [0.717, 1.165) is 21.0 Å². The Kier molecular flexibility index (Phi) is 7.03. The van der Waals surface area contributed by atoms with Gasteiger partial charge in [0.1, 0.15) is 0 Å². The Balaban J connectivity index is 1.69. The highest BCUT2D eigenvalue weighted by Gasteiger charge is 2.21. The Bertz CT molecular complexity index is 1020. The Morgan fingerprint density at radius 2 is 1.83 bits per heavy atom. The van der Waals surface area contributed by atoms with Gasteiger partial charge in [0.2, 0.25) is 5.91 Å². The summed E-state index contributed by atoms with van der Waals surface area (Å²) in [6.07, 6.45) is 1.78. The second-order valence-electron chi connectivity index (χ2n) is 7.15. The van der Waals surface area contributed by atoms with E-state index in [4.69, 9.17) is 0 Å². The van der Waals surface area contributed by atoms with Crippen molar-refractivity contribution >= 4 is 51.5 Å². The van der Waals surface area contributed by atoms with Gasteiger partial charge in [-0.05, 0) is 49.1 Å². The molecule has 0 aliphatic heterocycles. The van der Waals surface area contributed by atoms with E-state index in [0.29, 0.717) is 24.1 Å². The number of amides is 1. The molecule has 5 nitrogen and oxygen atoms in total. The van der Waals surface area contributed by atoms with Crippen molar-refractivity contribution in [1.29, 1.82) is 0 Å². The molecule has 1 amide bonds. The summed E-state index contributed by atoms with van der Waals surface area (Å²) >= 11 is 7.78. The van der Waals surface area contributed by atoms with Crippen molar-refractivity contribution in [1.82, 2.24) is 9.88 Å². The molecule has 3 aromatic rings. The van der Waals surface area contributed by atoms with Crippen LogP contribution in [-0.2, 0) is 17.6 Å². The fourth-order valence-corrected chi connectivity index (χ4v) is 4.02. The quantitative estimate of drug-likeness (QED) is 0.432. The lowest BCUT2D eigenvalue weighted by molar-refractivity contribution is -0.124. The lowest BCUT2D eigenvalue weighted by atomic mass is 9.99. The van der Waals surface area contributed by atoms with Crippen molar-refractivity contribution in [2.75, 3.05) is 5.75 Å². The number of para-hydroxylation sites is 1. The average Bonchev–Trinajstić information content (AvgIpc) is 3.06. The van der Waals surface area contributed by atoms with Crippen LogP contribution in [0.1, 0.15) is 18.1 Å². The molecule has 0 radical (unpaired) electrons. The number of carbonyl (C=O) groups is 2. The zero-order valence-electron chi connectivity index (χ0n) is 16.0. The van der Waals surface area contributed by atoms with E-state index in [1.807, 2.05) is 49.4 Å². The second-order valence-corrected chi connectivity index (χ2v) is 8.43. The maximum Gasteiger partial charge on any atom is 0.416 e. The minimum atomic E-state index is -1.02. The van der Waals surface area contributed by atoms with Crippen LogP contribution in [0.3, 0.4) is 0 Å². The molecule has 1 aromatic heterocycles. The van der Waals surface area contributed by atoms with Gasteiger partial charge in [0.05, 0.1) is 11.4 Å². The second kappa shape index (κ2) is 9.50. The zero-order valence-corrected chi connectivity index (χ0v) is 18.5. The maximum absolute atomic E-state index is 12.8. The van der Waals surface area contributed by atoms with Gasteiger partial charge in [-0.15, -0.1) is 0 Å². The number of aromatic nitrogens is 1. The third-order valence-electron chi connectivity index (χ3n) is 4.90. The molecule has 2 N–H and O–H groups in total. The molecule has 0 spiro atoms. The molecule has 0 saturated carbocycles. The van der Waals surface area contributed by atoms with Gasteiger partial charge >= 0.3 is 6.09 Å². The van der Waals surface area contributed by atoms with Crippen molar-refractivity contribution in [3.8, 4) is 0 Å². The number of carboxylic acid groups (broad SMARTS) is 1. The molecular weight excluding hydrogens is 452 g/mol. The molecule has 0 bridgehead atoms. The molecule has 0 saturated heterocycles. The van der Waals surface area contributed by atoms with Gasteiger partial charge in [0, 0.05) is 27.9 Å². The van der Waals surface area contributed by atoms with Gasteiger partial charge in [-0.1, -0.05) is 46.3 Å². The van der Waals surface area contributed by atoms with Gasteiger partial charge in [-0.2, -0.15) is 12.6 Å². The lowest BCUT2D eigenvalue weighted by Crippen LogP contribution is -2.39. The molecule has 1 heterocycles. The van der Waals surface area contributed by atoms with Gasteiger partial charge in [0.15, 0.2) is 0 Å². The molecule has 29 heavy (non-hydrogen) atoms. The van der Waals surface area contributed by atoms with Crippen LogP contribution >= 0.6 is 28.6 Å². The van der Waals surface area contributed by atoms with Gasteiger partial charge in [-0.3, -0.25) is 9.36 Å². The SMILES string of the molecule is C[C@H](Cc1cn(C(=O)O)c2ccccc12)NC(=O)[C@@H](CS)Cc1ccc(Br)cc1. The Morgan fingerprint density at radius 3 is 2.48 bits per heavy atom. The standard InChI is InChI=1S/C22H23BrN2O3S/c1-14(10-16-12-25(22(27)28)20-5-3-2-4-19(16)20)24-21(26)17(13-29)11-15-6-8-18(23)9-7-15/h2-9,12,14,17,29H,10-11,13H2,1H3,(H,24,26)(H,27,28)/t14-,17-/m1/s1. The monoisotopic (exact) mass is 474 g/mol. The number of thiol groups is 1. The summed E-state index contributed by atoms with van der Waals surface area (Å²) in [5.41, 5.74) is 2.63. The Morgan fingerprint density at radius 1 is 1.14 bits per heavy atom. The molecule has 0 aliphatic rings. The highest BCUT2D eigenvalue weighted by atomic mass is 79.9. The van der Waals surface area contributed by atoms with Crippen LogP contribution in [0.4, 0.5) is 4.79 Å². The zero-order chi connectivity index (χ0) is 21.0. The van der Waals surface area contributed by atoms with Gasteiger partial charge in [-0.25, -0.2) is 4.79 Å². The molecule has 2 atom stereocenters. The fourth-order valence-electron chi connectivity index (χ4n) is 3.46. The number of carbonyl (C=O) groups excluding carboxylic acids is 1. The number of fused-ring (bicyclic) bond motifs is 1. The Labute approximate surface area is 183 Å². The largest absolute Gasteiger partial charge is 0.464 e. The number of hydrogen-bond donors (Lipinski definition) is 3. The van der Waals surface area contributed by atoms with Crippen molar-refractivity contribution in [2.45, 2.75) is 25.8 Å². The summed E-state index contributed by atoms with van der Waals surface area (Å²) in [6.45, 7) is 1.93. The summed E-state index contributed by atoms with van der Waals surface area (Å²) < 4.78 is 2.23. The molecule has 0 unspecified atom stereocenters. The van der Waals surface area contributed by atoms with E-state index in [-0.39, 0.29) is 17.9 Å². The number of nitrogens with one attached hydrogen (secondary N) is 1. The molecule has 3 rings (SSSR count). The molecule has 152 valence electrons. The number of hydrogen-bond acceptors (Lipinski definition) is 3. The minimum Gasteiger partial charge on any atom is -0.464 e. The first-order valence-corrected chi connectivity index (χ1v) is 10.8. The van der Waals surface area contributed by atoms with E-state index in [2.05, 4.69) is 33.9 Å². The first-order chi connectivity index (χ1) is 13.9. The summed E-state index contributed by atoms with van der Waals surface area (Å²) in [4.78, 5) is 24.3. The number of halogens is 1. The highest BCUT2D eigenvalue weighted by molar-refractivity contribution is 9.10. The molecule has 2 aromatic carbocycles. The topological polar surface area (TPSA) is 71.3 Å². The summed E-state index contributed by atoms with van der Waals surface area (Å²) in [5.74, 6) is 0.173. The molecule has 0 aliphatic carbocycles. The van der Waals surface area contributed by atoms with Crippen LogP contribution in [0.15, 0.2) is 59.2 Å². The molecule has 0 fully saturated rings. The first kappa shape index (κ1) is 21.5. The molecule has 7 heteroatoms. The van der Waals surface area contributed by atoms with E-state index in [1.54, 1.807) is 12.3 Å². The number of nitrogens with zero attached hydrogens (tertiary/aromatic N) is 1. The third-order valence-corrected chi connectivity index (χ3v) is 5.87. The van der Waals surface area contributed by atoms with Crippen LogP contribution in [0.5, 0.6) is 0 Å². The van der Waals surface area contributed by atoms with Crippen molar-refractivity contribution < 1.29 is 14.7 Å². The third kappa shape index (κ3) is 5.22. The molecular formula is C22H23BrN2O3S. The van der Waals surface area contributed by atoms with Crippen LogP contribution in [0, 0.1) is 5.92 Å². The van der Waals surface area contributed by atoms with Crippen LogP contribution in [-0.4, -0.2) is 33.5 Å². The normalized spacial score (nSPS) is 13.2. The maximum atomic E-state index is 12.8. The van der Waals surface area contributed by atoms with E-state index >= 15 is 0 Å². The van der Waals surface area contributed by atoms with Gasteiger partial charge < -0.3 is 10.4 Å². The first-order valence-electron chi connectivity index (χ1n) is 9.37. The average molecular weight is 475 g/mol.